The van der Waals surface area contributed by atoms with E-state index in [-0.39, 0.29) is 0 Å². The molecule has 0 aromatic carbocycles. The maximum atomic E-state index is 5.64. The predicted octanol–water partition coefficient (Wildman–Crippen LogP) is 0.831. The molecule has 4 heteroatoms. The summed E-state index contributed by atoms with van der Waals surface area (Å²) in [5.74, 6) is 1.94. The van der Waals surface area contributed by atoms with Crippen LogP contribution < -0.4 is 5.32 Å². The number of furan rings is 1. The second-order valence-corrected chi connectivity index (χ2v) is 3.83. The second-order valence-electron chi connectivity index (χ2n) is 3.83. The molecule has 0 amide bonds. The lowest BCUT2D eigenvalue weighted by Crippen LogP contribution is -2.42. The van der Waals surface area contributed by atoms with Gasteiger partial charge in [0.2, 0.25) is 0 Å². The van der Waals surface area contributed by atoms with Crippen LogP contribution in [0.2, 0.25) is 0 Å². The van der Waals surface area contributed by atoms with Crippen molar-refractivity contribution in [3.63, 3.8) is 0 Å². The summed E-state index contributed by atoms with van der Waals surface area (Å²) in [6.07, 6.45) is 0. The molecule has 0 spiro atoms. The van der Waals surface area contributed by atoms with Gasteiger partial charge in [-0.25, -0.2) is 0 Å². The van der Waals surface area contributed by atoms with Crippen molar-refractivity contribution in [3.8, 4) is 0 Å². The van der Waals surface area contributed by atoms with E-state index in [1.165, 1.54) is 0 Å². The van der Waals surface area contributed by atoms with E-state index in [1.807, 2.05) is 12.1 Å². The van der Waals surface area contributed by atoms with Gasteiger partial charge in [0.1, 0.15) is 18.1 Å². The molecule has 84 valence electrons. The minimum absolute atomic E-state index is 0.557. The molecule has 2 rings (SSSR count). The summed E-state index contributed by atoms with van der Waals surface area (Å²) in [6.45, 7) is 5.81. The summed E-state index contributed by atoms with van der Waals surface area (Å²) in [5.41, 5.74) is 0. The fourth-order valence-corrected chi connectivity index (χ4v) is 1.82. The van der Waals surface area contributed by atoms with E-state index in [4.69, 9.17) is 9.15 Å². The lowest BCUT2D eigenvalue weighted by Gasteiger charge is -2.26. The third-order valence-electron chi connectivity index (χ3n) is 2.59. The van der Waals surface area contributed by atoms with Crippen molar-refractivity contribution in [2.45, 2.75) is 13.2 Å². The van der Waals surface area contributed by atoms with E-state index >= 15 is 0 Å². The summed E-state index contributed by atoms with van der Waals surface area (Å²) >= 11 is 0. The van der Waals surface area contributed by atoms with E-state index in [9.17, 15) is 0 Å². The molecule has 1 aliphatic heterocycles. The molecular weight excluding hydrogens is 192 g/mol. The van der Waals surface area contributed by atoms with Crippen LogP contribution in [0.5, 0.6) is 0 Å². The highest BCUT2D eigenvalue weighted by Crippen LogP contribution is 2.11. The van der Waals surface area contributed by atoms with E-state index in [0.29, 0.717) is 6.61 Å². The summed E-state index contributed by atoms with van der Waals surface area (Å²) in [4.78, 5) is 2.39. The Morgan fingerprint density at radius 3 is 2.80 bits per heavy atom. The monoisotopic (exact) mass is 210 g/mol. The Labute approximate surface area is 90.2 Å². The van der Waals surface area contributed by atoms with E-state index < -0.39 is 0 Å². The van der Waals surface area contributed by atoms with Gasteiger partial charge in [-0.3, -0.25) is 4.90 Å². The fourth-order valence-electron chi connectivity index (χ4n) is 1.82. The van der Waals surface area contributed by atoms with Gasteiger partial charge >= 0.3 is 0 Å². The van der Waals surface area contributed by atoms with Crippen molar-refractivity contribution < 1.29 is 9.15 Å². The number of nitrogens with zero attached hydrogens (tertiary/aromatic N) is 1. The number of hydrogen-bond acceptors (Lipinski definition) is 4. The first-order valence-corrected chi connectivity index (χ1v) is 5.38. The van der Waals surface area contributed by atoms with Crippen LogP contribution in [0.25, 0.3) is 0 Å². The van der Waals surface area contributed by atoms with Crippen molar-refractivity contribution in [1.82, 2.24) is 10.2 Å². The first-order chi connectivity index (χ1) is 7.38. The Morgan fingerprint density at radius 2 is 2.07 bits per heavy atom. The molecule has 4 nitrogen and oxygen atoms in total. The highest BCUT2D eigenvalue weighted by molar-refractivity contribution is 5.06. The molecule has 0 radical (unpaired) electrons. The SMILES string of the molecule is COCc1ccc(CN2CCNCC2)o1. The molecule has 1 fully saturated rings. The van der Waals surface area contributed by atoms with Crippen LogP contribution in [0.15, 0.2) is 16.5 Å². The van der Waals surface area contributed by atoms with E-state index in [0.717, 1.165) is 44.2 Å². The third kappa shape index (κ3) is 3.06. The number of piperazine rings is 1. The first kappa shape index (κ1) is 10.7. The van der Waals surface area contributed by atoms with Crippen molar-refractivity contribution in [3.05, 3.63) is 23.7 Å². The van der Waals surface area contributed by atoms with Gasteiger partial charge in [0, 0.05) is 33.3 Å². The van der Waals surface area contributed by atoms with Crippen LogP contribution in [0.3, 0.4) is 0 Å². The first-order valence-electron chi connectivity index (χ1n) is 5.38. The van der Waals surface area contributed by atoms with Crippen molar-refractivity contribution in [2.75, 3.05) is 33.3 Å². The second kappa shape index (κ2) is 5.30. The van der Waals surface area contributed by atoms with Crippen LogP contribution in [-0.4, -0.2) is 38.2 Å². The Bertz CT molecular complexity index is 293. The topological polar surface area (TPSA) is 37.6 Å². The van der Waals surface area contributed by atoms with Gasteiger partial charge in [0.15, 0.2) is 0 Å². The molecule has 1 saturated heterocycles. The largest absolute Gasteiger partial charge is 0.462 e. The van der Waals surface area contributed by atoms with Gasteiger partial charge in [-0.15, -0.1) is 0 Å². The van der Waals surface area contributed by atoms with Gasteiger partial charge < -0.3 is 14.5 Å². The van der Waals surface area contributed by atoms with Gasteiger partial charge in [-0.2, -0.15) is 0 Å². The normalized spacial score (nSPS) is 18.2. The third-order valence-corrected chi connectivity index (χ3v) is 2.59. The summed E-state index contributed by atoms with van der Waals surface area (Å²) < 4.78 is 10.7. The molecule has 1 N–H and O–H groups in total. The molecule has 1 aromatic heterocycles. The fraction of sp³-hybridized carbons (Fsp3) is 0.636. The lowest BCUT2D eigenvalue weighted by atomic mass is 10.3. The Balaban J connectivity index is 1.86. The predicted molar refractivity (Wildman–Crippen MR) is 57.6 cm³/mol. The minimum Gasteiger partial charge on any atom is -0.462 e. The van der Waals surface area contributed by atoms with Crippen molar-refractivity contribution in [2.24, 2.45) is 0 Å². The van der Waals surface area contributed by atoms with Gasteiger partial charge in [-0.1, -0.05) is 0 Å². The van der Waals surface area contributed by atoms with Crippen LogP contribution in [0.4, 0.5) is 0 Å². The zero-order chi connectivity index (χ0) is 10.5. The van der Waals surface area contributed by atoms with Gasteiger partial charge in [-0.05, 0) is 12.1 Å². The molecule has 2 heterocycles. The van der Waals surface area contributed by atoms with E-state index in [2.05, 4.69) is 10.2 Å². The maximum Gasteiger partial charge on any atom is 0.129 e. The lowest BCUT2D eigenvalue weighted by molar-refractivity contribution is 0.157. The summed E-state index contributed by atoms with van der Waals surface area (Å²) in [5, 5.41) is 3.33. The van der Waals surface area contributed by atoms with E-state index in [1.54, 1.807) is 7.11 Å². The van der Waals surface area contributed by atoms with Crippen molar-refractivity contribution >= 4 is 0 Å². The molecule has 1 aliphatic rings. The Hall–Kier alpha value is -0.840. The Morgan fingerprint density at radius 1 is 1.33 bits per heavy atom. The van der Waals surface area contributed by atoms with Crippen LogP contribution in [0.1, 0.15) is 11.5 Å². The molecule has 0 saturated carbocycles. The zero-order valence-electron chi connectivity index (χ0n) is 9.16. The number of methoxy groups -OCH3 is 1. The highest BCUT2D eigenvalue weighted by Gasteiger charge is 2.11. The van der Waals surface area contributed by atoms with Gasteiger partial charge in [0.25, 0.3) is 0 Å². The number of nitrogens with one attached hydrogen (secondary N) is 1. The van der Waals surface area contributed by atoms with Crippen LogP contribution >= 0.6 is 0 Å². The van der Waals surface area contributed by atoms with Crippen LogP contribution in [-0.2, 0) is 17.9 Å². The minimum atomic E-state index is 0.557. The quantitative estimate of drug-likeness (QED) is 0.799. The summed E-state index contributed by atoms with van der Waals surface area (Å²) in [7, 11) is 1.68. The summed E-state index contributed by atoms with van der Waals surface area (Å²) in [6, 6.07) is 4.03. The number of hydrogen-bond donors (Lipinski definition) is 1. The molecule has 0 aliphatic carbocycles. The maximum absolute atomic E-state index is 5.64. The molecule has 15 heavy (non-hydrogen) atoms. The number of rotatable bonds is 4. The Kier molecular flexibility index (Phi) is 3.77. The van der Waals surface area contributed by atoms with Gasteiger partial charge in [0.05, 0.1) is 6.54 Å². The number of ether oxygens (including phenoxy) is 1. The molecular formula is C11H18N2O2. The average molecular weight is 210 g/mol. The average Bonchev–Trinajstić information content (AvgIpc) is 2.68. The highest BCUT2D eigenvalue weighted by atomic mass is 16.5. The molecule has 0 atom stereocenters. The van der Waals surface area contributed by atoms with Crippen molar-refractivity contribution in [1.29, 1.82) is 0 Å². The molecule has 0 bridgehead atoms. The zero-order valence-corrected chi connectivity index (χ0v) is 9.16. The standard InChI is InChI=1S/C11H18N2O2/c1-14-9-11-3-2-10(15-11)8-13-6-4-12-5-7-13/h2-3,12H,4-9H2,1H3. The molecule has 1 aromatic rings. The molecule has 0 unspecified atom stereocenters. The smallest absolute Gasteiger partial charge is 0.129 e. The van der Waals surface area contributed by atoms with Crippen LogP contribution in [0, 0.1) is 0 Å².